The summed E-state index contributed by atoms with van der Waals surface area (Å²) in [5.41, 5.74) is 1.95. The molecule has 1 amide bonds. The van der Waals surface area contributed by atoms with Crippen molar-refractivity contribution in [2.75, 3.05) is 6.54 Å². The zero-order chi connectivity index (χ0) is 16.7. The van der Waals surface area contributed by atoms with Crippen molar-refractivity contribution in [3.8, 4) is 5.75 Å². The first kappa shape index (κ1) is 15.2. The van der Waals surface area contributed by atoms with Crippen molar-refractivity contribution in [3.05, 3.63) is 41.2 Å². The average Bonchev–Trinajstić information content (AvgIpc) is 3.19. The maximum atomic E-state index is 12.7. The number of carbonyl (C=O) groups excluding carboxylic acids is 1. The lowest BCUT2D eigenvalue weighted by Crippen LogP contribution is -2.44. The Bertz CT molecular complexity index is 718. The Kier molecular flexibility index (Phi) is 3.79. The molecule has 0 spiro atoms. The van der Waals surface area contributed by atoms with Gasteiger partial charge in [-0.15, -0.1) is 0 Å². The minimum Gasteiger partial charge on any atom is -0.480 e. The van der Waals surface area contributed by atoms with E-state index in [9.17, 15) is 14.7 Å². The summed E-state index contributed by atoms with van der Waals surface area (Å²) in [5.74, 6) is 0.271. The van der Waals surface area contributed by atoms with Crippen LogP contribution in [-0.2, 0) is 16.0 Å². The topological polar surface area (TPSA) is 66.8 Å². The number of para-hydroxylation sites is 1. The molecule has 1 atom stereocenters. The highest BCUT2D eigenvalue weighted by Gasteiger charge is 2.42. The van der Waals surface area contributed by atoms with Crippen LogP contribution in [0.4, 0.5) is 0 Å². The van der Waals surface area contributed by atoms with Gasteiger partial charge in [-0.3, -0.25) is 4.79 Å². The molecule has 1 fully saturated rings. The normalized spacial score (nSPS) is 21.5. The first-order valence-electron chi connectivity index (χ1n) is 8.65. The Morgan fingerprint density at radius 2 is 2.04 bits per heavy atom. The SMILES string of the molecule is O=C(O)C(CC1CCCC1)N1CC2=C(Oc3ccccc3C2)C1=O. The Hall–Kier alpha value is -2.30. The van der Waals surface area contributed by atoms with Gasteiger partial charge in [0, 0.05) is 18.5 Å². The second-order valence-corrected chi connectivity index (χ2v) is 6.99. The molecule has 0 radical (unpaired) electrons. The summed E-state index contributed by atoms with van der Waals surface area (Å²) in [4.78, 5) is 26.0. The molecule has 1 saturated carbocycles. The molecule has 1 aromatic carbocycles. The van der Waals surface area contributed by atoms with Gasteiger partial charge in [0.05, 0.1) is 0 Å². The van der Waals surface area contributed by atoms with Crippen LogP contribution in [0.1, 0.15) is 37.7 Å². The highest BCUT2D eigenvalue weighted by Crippen LogP contribution is 2.37. The number of hydrogen-bond acceptors (Lipinski definition) is 3. The van der Waals surface area contributed by atoms with Gasteiger partial charge in [0.2, 0.25) is 0 Å². The van der Waals surface area contributed by atoms with E-state index in [4.69, 9.17) is 4.74 Å². The van der Waals surface area contributed by atoms with Crippen molar-refractivity contribution in [1.29, 1.82) is 0 Å². The Labute approximate surface area is 140 Å². The fourth-order valence-electron chi connectivity index (χ4n) is 4.15. The molecule has 5 heteroatoms. The molecule has 4 rings (SSSR count). The quantitative estimate of drug-likeness (QED) is 0.923. The van der Waals surface area contributed by atoms with Gasteiger partial charge < -0.3 is 14.7 Å². The fraction of sp³-hybridized carbons (Fsp3) is 0.474. The molecule has 3 aliphatic rings. The van der Waals surface area contributed by atoms with E-state index >= 15 is 0 Å². The van der Waals surface area contributed by atoms with Crippen LogP contribution in [0, 0.1) is 5.92 Å². The highest BCUT2D eigenvalue weighted by molar-refractivity contribution is 5.98. The smallest absolute Gasteiger partial charge is 0.326 e. The minimum absolute atomic E-state index is 0.273. The van der Waals surface area contributed by atoms with Gasteiger partial charge in [0.15, 0.2) is 5.76 Å². The van der Waals surface area contributed by atoms with Crippen LogP contribution in [0.5, 0.6) is 5.75 Å². The molecular formula is C19H21NO4. The lowest BCUT2D eigenvalue weighted by molar-refractivity contribution is -0.149. The first-order chi connectivity index (χ1) is 11.6. The number of hydrogen-bond donors (Lipinski definition) is 1. The monoisotopic (exact) mass is 327 g/mol. The van der Waals surface area contributed by atoms with Crippen LogP contribution in [0.25, 0.3) is 0 Å². The number of aliphatic carboxylic acids is 1. The second kappa shape index (κ2) is 5.96. The predicted octanol–water partition coefficient (Wildman–Crippen LogP) is 2.75. The van der Waals surface area contributed by atoms with Crippen LogP contribution < -0.4 is 4.74 Å². The van der Waals surface area contributed by atoms with E-state index in [1.807, 2.05) is 24.3 Å². The van der Waals surface area contributed by atoms with Crippen LogP contribution in [0.3, 0.4) is 0 Å². The van der Waals surface area contributed by atoms with Crippen LogP contribution in [0.15, 0.2) is 35.6 Å². The van der Waals surface area contributed by atoms with Gasteiger partial charge >= 0.3 is 5.97 Å². The molecule has 2 heterocycles. The summed E-state index contributed by atoms with van der Waals surface area (Å²) >= 11 is 0. The van der Waals surface area contributed by atoms with Crippen molar-refractivity contribution in [2.45, 2.75) is 44.6 Å². The Balaban J connectivity index is 1.54. The van der Waals surface area contributed by atoms with Crippen LogP contribution in [-0.4, -0.2) is 34.5 Å². The van der Waals surface area contributed by atoms with Gasteiger partial charge in [0.25, 0.3) is 5.91 Å². The maximum absolute atomic E-state index is 12.7. The number of ether oxygens (including phenoxy) is 1. The molecule has 1 N–H and O–H groups in total. The van der Waals surface area contributed by atoms with Crippen LogP contribution >= 0.6 is 0 Å². The van der Waals surface area contributed by atoms with E-state index in [0.29, 0.717) is 36.8 Å². The molecule has 5 nitrogen and oxygen atoms in total. The zero-order valence-corrected chi connectivity index (χ0v) is 13.5. The molecule has 126 valence electrons. The number of carboxylic acid groups (broad SMARTS) is 1. The summed E-state index contributed by atoms with van der Waals surface area (Å²) in [5, 5.41) is 9.67. The molecule has 1 aliphatic carbocycles. The number of rotatable bonds is 4. The number of fused-ring (bicyclic) bond motifs is 1. The summed E-state index contributed by atoms with van der Waals surface area (Å²) in [7, 11) is 0. The number of benzene rings is 1. The second-order valence-electron chi connectivity index (χ2n) is 6.99. The predicted molar refractivity (Wildman–Crippen MR) is 87.5 cm³/mol. The number of amides is 1. The summed E-state index contributed by atoms with van der Waals surface area (Å²) in [6, 6.07) is 6.91. The summed E-state index contributed by atoms with van der Waals surface area (Å²) < 4.78 is 5.79. The molecule has 1 unspecified atom stereocenters. The standard InChI is InChI=1S/C19H21NO4/c21-18-17-14(10-13-7-3-4-8-16(13)24-17)11-20(18)15(19(22)23)9-12-5-1-2-6-12/h3-4,7-8,12,15H,1-2,5-6,9-11H2,(H,22,23). The van der Waals surface area contributed by atoms with E-state index in [0.717, 1.165) is 36.8 Å². The van der Waals surface area contributed by atoms with E-state index in [-0.39, 0.29) is 5.91 Å². The van der Waals surface area contributed by atoms with Crippen molar-refractivity contribution in [3.63, 3.8) is 0 Å². The molecule has 1 aromatic rings. The zero-order valence-electron chi connectivity index (χ0n) is 13.5. The van der Waals surface area contributed by atoms with Crippen molar-refractivity contribution < 1.29 is 19.4 Å². The third-order valence-electron chi connectivity index (χ3n) is 5.42. The number of nitrogens with zero attached hydrogens (tertiary/aromatic N) is 1. The highest BCUT2D eigenvalue weighted by atomic mass is 16.5. The molecule has 0 saturated heterocycles. The molecule has 24 heavy (non-hydrogen) atoms. The minimum atomic E-state index is -0.910. The van der Waals surface area contributed by atoms with Gasteiger partial charge in [-0.1, -0.05) is 43.9 Å². The fourth-order valence-corrected chi connectivity index (χ4v) is 4.15. The largest absolute Gasteiger partial charge is 0.480 e. The van der Waals surface area contributed by atoms with Gasteiger partial charge in [-0.25, -0.2) is 4.79 Å². The average molecular weight is 327 g/mol. The third-order valence-corrected chi connectivity index (χ3v) is 5.42. The van der Waals surface area contributed by atoms with E-state index < -0.39 is 12.0 Å². The van der Waals surface area contributed by atoms with E-state index in [2.05, 4.69) is 0 Å². The lowest BCUT2D eigenvalue weighted by Gasteiger charge is -2.26. The van der Waals surface area contributed by atoms with Crippen molar-refractivity contribution in [1.82, 2.24) is 4.90 Å². The van der Waals surface area contributed by atoms with E-state index in [1.54, 1.807) is 0 Å². The van der Waals surface area contributed by atoms with E-state index in [1.165, 1.54) is 4.90 Å². The maximum Gasteiger partial charge on any atom is 0.326 e. The number of carboxylic acids is 1. The molecule has 0 bridgehead atoms. The Morgan fingerprint density at radius 1 is 1.29 bits per heavy atom. The molecule has 2 aliphatic heterocycles. The van der Waals surface area contributed by atoms with Gasteiger partial charge in [0.1, 0.15) is 11.8 Å². The summed E-state index contributed by atoms with van der Waals surface area (Å²) in [6.07, 6.45) is 5.68. The molecule has 0 aromatic heterocycles. The van der Waals surface area contributed by atoms with Gasteiger partial charge in [-0.05, 0) is 24.0 Å². The number of carbonyl (C=O) groups is 2. The molecular weight excluding hydrogens is 306 g/mol. The first-order valence-corrected chi connectivity index (χ1v) is 8.65. The van der Waals surface area contributed by atoms with Crippen LogP contribution in [0.2, 0.25) is 0 Å². The van der Waals surface area contributed by atoms with Gasteiger partial charge in [-0.2, -0.15) is 0 Å². The lowest BCUT2D eigenvalue weighted by atomic mass is 9.97. The van der Waals surface area contributed by atoms with Crippen molar-refractivity contribution >= 4 is 11.9 Å². The van der Waals surface area contributed by atoms with Crippen molar-refractivity contribution in [2.24, 2.45) is 5.92 Å². The Morgan fingerprint density at radius 3 is 2.79 bits per heavy atom. The third kappa shape index (κ3) is 2.58. The summed E-state index contributed by atoms with van der Waals surface area (Å²) in [6.45, 7) is 0.367.